The first-order chi connectivity index (χ1) is 13.0. The Morgan fingerprint density at radius 3 is 2.52 bits per heavy atom. The second-order valence-electron chi connectivity index (χ2n) is 6.11. The van der Waals surface area contributed by atoms with E-state index in [1.54, 1.807) is 7.11 Å². The maximum atomic E-state index is 5.96. The molecule has 0 saturated heterocycles. The van der Waals surface area contributed by atoms with Crippen molar-refractivity contribution < 1.29 is 4.74 Å². The van der Waals surface area contributed by atoms with Gasteiger partial charge in [0.15, 0.2) is 5.11 Å². The molecule has 0 saturated carbocycles. The molecule has 7 heteroatoms. The summed E-state index contributed by atoms with van der Waals surface area (Å²) < 4.78 is 7.30. The van der Waals surface area contributed by atoms with Gasteiger partial charge >= 0.3 is 0 Å². The molecule has 0 aliphatic carbocycles. The van der Waals surface area contributed by atoms with E-state index in [2.05, 4.69) is 15.7 Å². The van der Waals surface area contributed by atoms with E-state index in [-0.39, 0.29) is 0 Å². The second kappa shape index (κ2) is 8.41. The molecule has 0 radical (unpaired) electrons. The molecular weight excluding hydrogens is 380 g/mol. The molecule has 0 spiro atoms. The number of hydrogen-bond acceptors (Lipinski definition) is 3. The van der Waals surface area contributed by atoms with Crippen LogP contribution >= 0.6 is 23.8 Å². The van der Waals surface area contributed by atoms with E-state index in [1.165, 1.54) is 0 Å². The highest BCUT2D eigenvalue weighted by Gasteiger charge is 2.14. The normalized spacial score (nSPS) is 10.5. The van der Waals surface area contributed by atoms with E-state index in [0.29, 0.717) is 11.7 Å². The van der Waals surface area contributed by atoms with Crippen LogP contribution in [0, 0.1) is 13.8 Å². The maximum Gasteiger partial charge on any atom is 0.175 e. The number of ether oxygens (including phenoxy) is 1. The van der Waals surface area contributed by atoms with Crippen LogP contribution in [0.3, 0.4) is 0 Å². The summed E-state index contributed by atoms with van der Waals surface area (Å²) in [5.74, 6) is 0.730. The van der Waals surface area contributed by atoms with E-state index in [4.69, 9.17) is 28.6 Å². The van der Waals surface area contributed by atoms with Crippen LogP contribution in [0.5, 0.6) is 5.75 Å². The topological polar surface area (TPSA) is 51.1 Å². The quantitative estimate of drug-likeness (QED) is 0.589. The van der Waals surface area contributed by atoms with Gasteiger partial charge in [0.05, 0.1) is 36.4 Å². The second-order valence-corrected chi connectivity index (χ2v) is 6.95. The Morgan fingerprint density at radius 1 is 1.11 bits per heavy atom. The van der Waals surface area contributed by atoms with Gasteiger partial charge in [0.2, 0.25) is 0 Å². The number of rotatable bonds is 5. The van der Waals surface area contributed by atoms with Gasteiger partial charge < -0.3 is 15.4 Å². The third-order valence-corrected chi connectivity index (χ3v) is 4.68. The molecule has 1 heterocycles. The van der Waals surface area contributed by atoms with Crippen molar-refractivity contribution in [2.75, 3.05) is 17.7 Å². The number of thiocarbonyl (C=S) groups is 1. The number of hydrogen-bond donors (Lipinski definition) is 2. The number of aromatic nitrogens is 2. The summed E-state index contributed by atoms with van der Waals surface area (Å²) in [6.07, 6.45) is 0. The van der Waals surface area contributed by atoms with Crippen molar-refractivity contribution in [3.05, 3.63) is 70.5 Å². The summed E-state index contributed by atoms with van der Waals surface area (Å²) in [7, 11) is 1.63. The first-order valence-electron chi connectivity index (χ1n) is 8.47. The minimum Gasteiger partial charge on any atom is -0.495 e. The molecule has 0 bridgehead atoms. The summed E-state index contributed by atoms with van der Waals surface area (Å²) in [6.45, 7) is 4.64. The Balaban J connectivity index is 1.74. The maximum absolute atomic E-state index is 5.96. The van der Waals surface area contributed by atoms with Crippen LogP contribution in [0.25, 0.3) is 0 Å². The largest absolute Gasteiger partial charge is 0.495 e. The number of halogens is 1. The molecule has 2 aromatic carbocycles. The van der Waals surface area contributed by atoms with Crippen molar-refractivity contribution >= 4 is 40.3 Å². The van der Waals surface area contributed by atoms with Crippen LogP contribution in [-0.4, -0.2) is 22.0 Å². The smallest absolute Gasteiger partial charge is 0.175 e. The molecule has 2 N–H and O–H groups in total. The predicted octanol–water partition coefficient (Wildman–Crippen LogP) is 5.02. The molecule has 1 aromatic heterocycles. The van der Waals surface area contributed by atoms with Crippen molar-refractivity contribution in [2.45, 2.75) is 20.4 Å². The van der Waals surface area contributed by atoms with Gasteiger partial charge in [-0.15, -0.1) is 0 Å². The minimum atomic E-state index is 0.483. The molecular formula is C20H21ClN4OS. The molecule has 0 aliphatic rings. The molecule has 140 valence electrons. The van der Waals surface area contributed by atoms with E-state index in [9.17, 15) is 0 Å². The number of methoxy groups -OCH3 is 1. The van der Waals surface area contributed by atoms with E-state index in [0.717, 1.165) is 39.1 Å². The highest BCUT2D eigenvalue weighted by Crippen LogP contribution is 2.25. The summed E-state index contributed by atoms with van der Waals surface area (Å²) in [6, 6.07) is 15.4. The van der Waals surface area contributed by atoms with Crippen molar-refractivity contribution in [1.29, 1.82) is 0 Å². The molecule has 0 amide bonds. The van der Waals surface area contributed by atoms with Gasteiger partial charge in [0.1, 0.15) is 5.75 Å². The van der Waals surface area contributed by atoms with Crippen LogP contribution < -0.4 is 15.4 Å². The predicted molar refractivity (Wildman–Crippen MR) is 115 cm³/mol. The van der Waals surface area contributed by atoms with E-state index >= 15 is 0 Å². The van der Waals surface area contributed by atoms with Gasteiger partial charge in [0, 0.05) is 5.02 Å². The Labute approximate surface area is 169 Å². The molecule has 0 aliphatic heterocycles. The summed E-state index contributed by atoms with van der Waals surface area (Å²) in [4.78, 5) is 0. The Kier molecular flexibility index (Phi) is 5.98. The highest BCUT2D eigenvalue weighted by atomic mass is 35.5. The first-order valence-corrected chi connectivity index (χ1v) is 9.26. The lowest BCUT2D eigenvalue weighted by Gasteiger charge is -2.13. The van der Waals surface area contributed by atoms with Gasteiger partial charge in [-0.3, -0.25) is 4.68 Å². The van der Waals surface area contributed by atoms with Crippen molar-refractivity contribution in [3.63, 3.8) is 0 Å². The van der Waals surface area contributed by atoms with E-state index < -0.39 is 0 Å². The average molecular weight is 401 g/mol. The van der Waals surface area contributed by atoms with Gasteiger partial charge in [-0.2, -0.15) is 5.10 Å². The Morgan fingerprint density at radius 2 is 1.81 bits per heavy atom. The van der Waals surface area contributed by atoms with Gasteiger partial charge in [-0.05, 0) is 55.9 Å². The van der Waals surface area contributed by atoms with Gasteiger partial charge in [-0.25, -0.2) is 0 Å². The summed E-state index contributed by atoms with van der Waals surface area (Å²) >= 11 is 11.4. The lowest BCUT2D eigenvalue weighted by atomic mass is 10.2. The van der Waals surface area contributed by atoms with Crippen LogP contribution in [-0.2, 0) is 6.54 Å². The monoisotopic (exact) mass is 400 g/mol. The third-order valence-electron chi connectivity index (χ3n) is 4.22. The minimum absolute atomic E-state index is 0.483. The number of aryl methyl sites for hydroxylation is 1. The van der Waals surface area contributed by atoms with Crippen molar-refractivity contribution in [3.8, 4) is 5.75 Å². The van der Waals surface area contributed by atoms with Crippen LogP contribution in [0.15, 0.2) is 48.5 Å². The molecule has 5 nitrogen and oxygen atoms in total. The van der Waals surface area contributed by atoms with Crippen LogP contribution in [0.1, 0.15) is 17.0 Å². The number of para-hydroxylation sites is 2. The molecule has 0 atom stereocenters. The summed E-state index contributed by atoms with van der Waals surface area (Å²) in [5, 5.41) is 12.3. The zero-order valence-corrected chi connectivity index (χ0v) is 17.0. The Hall–Kier alpha value is -2.57. The fourth-order valence-electron chi connectivity index (χ4n) is 2.81. The molecule has 0 unspecified atom stereocenters. The SMILES string of the molecule is COc1ccccc1NC(=S)Nc1c(C)nn(Cc2ccc(Cl)cc2)c1C. The molecule has 0 fully saturated rings. The lowest BCUT2D eigenvalue weighted by molar-refractivity contribution is 0.417. The molecule has 3 aromatic rings. The standard InChI is InChI=1S/C20H21ClN4OS/c1-13-19(23-20(27)22-17-6-4-5-7-18(17)26-3)14(2)25(24-13)12-15-8-10-16(21)11-9-15/h4-11H,12H2,1-3H3,(H2,22,23,27). The van der Waals surface area contributed by atoms with E-state index in [1.807, 2.05) is 67.1 Å². The number of anilines is 2. The molecule has 3 rings (SSSR count). The fraction of sp³-hybridized carbons (Fsp3) is 0.200. The van der Waals surface area contributed by atoms with Crippen molar-refractivity contribution in [1.82, 2.24) is 9.78 Å². The van der Waals surface area contributed by atoms with Gasteiger partial charge in [-0.1, -0.05) is 35.9 Å². The Bertz CT molecular complexity index is 953. The number of nitrogens with zero attached hydrogens (tertiary/aromatic N) is 2. The third kappa shape index (κ3) is 4.59. The zero-order chi connectivity index (χ0) is 19.4. The highest BCUT2D eigenvalue weighted by molar-refractivity contribution is 7.80. The van der Waals surface area contributed by atoms with Crippen LogP contribution in [0.2, 0.25) is 5.02 Å². The summed E-state index contributed by atoms with van der Waals surface area (Å²) in [5.41, 5.74) is 4.72. The lowest BCUT2D eigenvalue weighted by Crippen LogP contribution is -2.20. The zero-order valence-electron chi connectivity index (χ0n) is 15.4. The van der Waals surface area contributed by atoms with Crippen molar-refractivity contribution in [2.24, 2.45) is 0 Å². The first kappa shape index (κ1) is 19.2. The molecule has 27 heavy (non-hydrogen) atoms. The fourth-order valence-corrected chi connectivity index (χ4v) is 3.15. The average Bonchev–Trinajstić information content (AvgIpc) is 2.91. The van der Waals surface area contributed by atoms with Crippen LogP contribution in [0.4, 0.5) is 11.4 Å². The number of nitrogens with one attached hydrogen (secondary N) is 2. The van der Waals surface area contributed by atoms with Gasteiger partial charge in [0.25, 0.3) is 0 Å². The number of benzene rings is 2.